The first kappa shape index (κ1) is 38.2. The van der Waals surface area contributed by atoms with Crippen molar-refractivity contribution in [3.8, 4) is 0 Å². The molecule has 2 aromatic rings. The van der Waals surface area contributed by atoms with Gasteiger partial charge in [0, 0.05) is 52.5 Å². The molecular weight excluding hydrogens is 692 g/mol. The first-order valence-corrected chi connectivity index (χ1v) is 21.0. The molecule has 2 aromatic carbocycles. The van der Waals surface area contributed by atoms with E-state index in [1.807, 2.05) is 26.0 Å². The second-order valence-electron chi connectivity index (χ2n) is 14.6. The number of nitrogens with zero attached hydrogens (tertiary/aromatic N) is 2. The first-order valence-electron chi connectivity index (χ1n) is 17.5. The molecular formula is C39H50ClN2O6S2+. The second kappa shape index (κ2) is 14.9. The summed E-state index contributed by atoms with van der Waals surface area (Å²) in [5, 5.41) is 0.734. The molecule has 270 valence electrons. The van der Waals surface area contributed by atoms with Crippen molar-refractivity contribution in [2.45, 2.75) is 102 Å². The number of anilines is 1. The average Bonchev–Trinajstić information content (AvgIpc) is 3.39. The molecule has 2 aliphatic heterocycles. The van der Waals surface area contributed by atoms with E-state index in [9.17, 15) is 25.9 Å². The molecule has 0 atom stereocenters. The number of rotatable bonds is 13. The summed E-state index contributed by atoms with van der Waals surface area (Å²) in [6.07, 6.45) is 15.4. The maximum absolute atomic E-state index is 12.0. The van der Waals surface area contributed by atoms with Crippen LogP contribution in [0, 0.1) is 0 Å². The Morgan fingerprint density at radius 3 is 2.32 bits per heavy atom. The monoisotopic (exact) mass is 741 g/mol. The molecule has 0 aromatic heterocycles. The third kappa shape index (κ3) is 8.05. The predicted molar refractivity (Wildman–Crippen MR) is 203 cm³/mol. The summed E-state index contributed by atoms with van der Waals surface area (Å²) in [4.78, 5) is 1.88. The van der Waals surface area contributed by atoms with Crippen LogP contribution in [-0.2, 0) is 31.1 Å². The van der Waals surface area contributed by atoms with Crippen LogP contribution in [-0.4, -0.2) is 55.1 Å². The minimum absolute atomic E-state index is 0.146. The molecule has 8 nitrogen and oxygen atoms in total. The predicted octanol–water partition coefficient (Wildman–Crippen LogP) is 9.01. The van der Waals surface area contributed by atoms with Crippen molar-refractivity contribution in [1.82, 2.24) is 0 Å². The topological polar surface area (TPSA) is 115 Å². The maximum Gasteiger partial charge on any atom is 0.294 e. The van der Waals surface area contributed by atoms with Crippen LogP contribution < -0.4 is 4.90 Å². The van der Waals surface area contributed by atoms with Crippen molar-refractivity contribution < 1.29 is 30.5 Å². The molecule has 5 rings (SSSR count). The average molecular weight is 742 g/mol. The summed E-state index contributed by atoms with van der Waals surface area (Å²) in [6, 6.07) is 13.2. The Kier molecular flexibility index (Phi) is 11.4. The smallest absolute Gasteiger partial charge is 0.294 e. The minimum atomic E-state index is -4.41. The van der Waals surface area contributed by atoms with Crippen LogP contribution in [0.3, 0.4) is 0 Å². The van der Waals surface area contributed by atoms with Gasteiger partial charge in [0.05, 0.1) is 16.1 Å². The van der Waals surface area contributed by atoms with Gasteiger partial charge >= 0.3 is 0 Å². The van der Waals surface area contributed by atoms with Crippen LogP contribution in [0.1, 0.15) is 97.1 Å². The zero-order valence-corrected chi connectivity index (χ0v) is 32.1. The fraction of sp³-hybridized carbons (Fsp3) is 0.462. The minimum Gasteiger partial charge on any atom is -0.344 e. The molecule has 0 saturated carbocycles. The fourth-order valence-corrected chi connectivity index (χ4v) is 8.97. The lowest BCUT2D eigenvalue weighted by Gasteiger charge is -2.27. The van der Waals surface area contributed by atoms with Crippen LogP contribution in [0.2, 0.25) is 0 Å². The molecule has 0 saturated heterocycles. The first-order chi connectivity index (χ1) is 23.5. The van der Waals surface area contributed by atoms with E-state index < -0.39 is 25.7 Å². The quantitative estimate of drug-likeness (QED) is 0.120. The Balaban J connectivity index is 1.49. The van der Waals surface area contributed by atoms with E-state index in [-0.39, 0.29) is 22.5 Å². The van der Waals surface area contributed by atoms with Gasteiger partial charge in [-0.1, -0.05) is 69.1 Å². The number of para-hydroxylation sites is 1. The van der Waals surface area contributed by atoms with Gasteiger partial charge in [0.2, 0.25) is 5.69 Å². The largest absolute Gasteiger partial charge is 0.344 e. The Hall–Kier alpha value is -3.02. The molecule has 0 bridgehead atoms. The summed E-state index contributed by atoms with van der Waals surface area (Å²) >= 11 is 7.15. The normalized spacial score (nSPS) is 20.4. The summed E-state index contributed by atoms with van der Waals surface area (Å²) in [6.45, 7) is 12.2. The zero-order chi connectivity index (χ0) is 36.5. The van der Waals surface area contributed by atoms with E-state index in [0.29, 0.717) is 13.0 Å². The second-order valence-corrected chi connectivity index (χ2v) is 18.0. The molecule has 2 heterocycles. The lowest BCUT2D eigenvalue weighted by Crippen LogP contribution is -2.28. The van der Waals surface area contributed by atoms with Gasteiger partial charge in [-0.15, -0.1) is 0 Å². The SMILES string of the molecule is CCCCC[N+]1=C(/C=C/C2=C(Cl)C(=C/C=C3/N(CCCCS(=O)(=O)O)c4ccc(S(=O)(=O)O)cc4C3(C)C)/CCC2)C(C)(C)c2ccccc21. The number of hydrogen-bond donors (Lipinski definition) is 2. The molecule has 3 aliphatic rings. The van der Waals surface area contributed by atoms with Gasteiger partial charge in [0.15, 0.2) is 5.71 Å². The van der Waals surface area contributed by atoms with Crippen molar-refractivity contribution in [2.75, 3.05) is 23.7 Å². The maximum atomic E-state index is 12.0. The number of hydrogen-bond acceptors (Lipinski definition) is 5. The molecule has 50 heavy (non-hydrogen) atoms. The van der Waals surface area contributed by atoms with Crippen LogP contribution >= 0.6 is 11.6 Å². The van der Waals surface area contributed by atoms with E-state index in [2.05, 4.69) is 66.7 Å². The van der Waals surface area contributed by atoms with Gasteiger partial charge in [-0.05, 0) is 93.4 Å². The molecule has 0 spiro atoms. The van der Waals surface area contributed by atoms with Gasteiger partial charge < -0.3 is 4.90 Å². The molecule has 2 N–H and O–H groups in total. The summed E-state index contributed by atoms with van der Waals surface area (Å²) < 4.78 is 68.2. The summed E-state index contributed by atoms with van der Waals surface area (Å²) in [5.41, 5.74) is 7.62. The number of halogens is 1. The molecule has 1 aliphatic carbocycles. The molecule has 0 fully saturated rings. The lowest BCUT2D eigenvalue weighted by molar-refractivity contribution is -0.438. The third-order valence-electron chi connectivity index (χ3n) is 10.3. The van der Waals surface area contributed by atoms with Crippen molar-refractivity contribution in [3.63, 3.8) is 0 Å². The van der Waals surface area contributed by atoms with Crippen LogP contribution in [0.4, 0.5) is 11.4 Å². The standard InChI is InChI=1S/C39H49ClN2O6S2/c1-6-7-10-24-41-33-17-9-8-16-31(33)38(2,3)35(41)22-18-28-14-13-15-29(37(28)40)19-23-36-39(4,5)32-27-30(50(46,47)48)20-21-34(32)42(36)25-11-12-26-49(43,44)45/h8-9,16-23,27H,6-7,10-15,24-26H2,1-5H3,(H-,43,44,45,46,47,48)/p+1. The van der Waals surface area contributed by atoms with Gasteiger partial charge in [0.1, 0.15) is 6.54 Å². The van der Waals surface area contributed by atoms with Crippen LogP contribution in [0.25, 0.3) is 0 Å². The number of fused-ring (bicyclic) bond motifs is 2. The van der Waals surface area contributed by atoms with Gasteiger partial charge in [-0.3, -0.25) is 9.11 Å². The van der Waals surface area contributed by atoms with Crippen LogP contribution in [0.15, 0.2) is 93.5 Å². The van der Waals surface area contributed by atoms with E-state index in [1.165, 1.54) is 41.9 Å². The van der Waals surface area contributed by atoms with Crippen molar-refractivity contribution in [2.24, 2.45) is 0 Å². The fourth-order valence-electron chi connectivity index (χ4n) is 7.58. The molecule has 11 heteroatoms. The molecule has 0 radical (unpaired) electrons. The highest BCUT2D eigenvalue weighted by Gasteiger charge is 2.44. The lowest BCUT2D eigenvalue weighted by atomic mass is 9.81. The molecule has 0 unspecified atom stereocenters. The van der Waals surface area contributed by atoms with E-state index in [1.54, 1.807) is 6.07 Å². The van der Waals surface area contributed by atoms with E-state index >= 15 is 0 Å². The highest BCUT2D eigenvalue weighted by molar-refractivity contribution is 7.86. The Bertz CT molecular complexity index is 2020. The van der Waals surface area contributed by atoms with Crippen molar-refractivity contribution in [3.05, 3.63) is 99.8 Å². The van der Waals surface area contributed by atoms with Gasteiger partial charge in [0.25, 0.3) is 20.2 Å². The highest BCUT2D eigenvalue weighted by Crippen LogP contribution is 2.49. The van der Waals surface area contributed by atoms with Gasteiger partial charge in [-0.2, -0.15) is 21.4 Å². The highest BCUT2D eigenvalue weighted by atomic mass is 35.5. The number of benzene rings is 2. The Morgan fingerprint density at radius 2 is 1.62 bits per heavy atom. The zero-order valence-electron chi connectivity index (χ0n) is 29.7. The van der Waals surface area contributed by atoms with E-state index in [0.717, 1.165) is 65.4 Å². The number of allylic oxidation sites excluding steroid dienone is 8. The van der Waals surface area contributed by atoms with Crippen LogP contribution in [0.5, 0.6) is 0 Å². The third-order valence-corrected chi connectivity index (χ3v) is 12.5. The van der Waals surface area contributed by atoms with Gasteiger partial charge in [-0.25, -0.2) is 0 Å². The van der Waals surface area contributed by atoms with Crippen molar-refractivity contribution >= 4 is 48.9 Å². The Labute approximate surface area is 303 Å². The number of unbranched alkanes of at least 4 members (excludes halogenated alkanes) is 3. The Morgan fingerprint density at radius 1 is 0.880 bits per heavy atom. The summed E-state index contributed by atoms with van der Waals surface area (Å²) in [5.74, 6) is -0.336. The summed E-state index contributed by atoms with van der Waals surface area (Å²) in [7, 11) is -8.49. The molecule has 0 amide bonds. The van der Waals surface area contributed by atoms with Crippen molar-refractivity contribution in [1.29, 1.82) is 0 Å². The van der Waals surface area contributed by atoms with E-state index in [4.69, 9.17) is 11.6 Å².